The van der Waals surface area contributed by atoms with E-state index in [0.717, 1.165) is 28.9 Å². The number of nitrogens with zero attached hydrogens (tertiary/aromatic N) is 2. The van der Waals surface area contributed by atoms with Gasteiger partial charge in [-0.25, -0.2) is 4.98 Å². The second kappa shape index (κ2) is 5.54. The highest BCUT2D eigenvalue weighted by Gasteiger charge is 2.28. The summed E-state index contributed by atoms with van der Waals surface area (Å²) in [5.41, 5.74) is 1.75. The fraction of sp³-hybridized carbons (Fsp3) is 0.429. The van der Waals surface area contributed by atoms with Crippen LogP contribution in [0.5, 0.6) is 0 Å². The Morgan fingerprint density at radius 1 is 1.55 bits per heavy atom. The molecule has 0 spiro atoms. The summed E-state index contributed by atoms with van der Waals surface area (Å²) in [5.74, 6) is 0.629. The lowest BCUT2D eigenvalue weighted by atomic mass is 9.88. The van der Waals surface area contributed by atoms with Gasteiger partial charge in [0.1, 0.15) is 5.65 Å². The van der Waals surface area contributed by atoms with Gasteiger partial charge in [0, 0.05) is 22.8 Å². The van der Waals surface area contributed by atoms with E-state index in [2.05, 4.69) is 31.5 Å². The normalized spacial score (nSPS) is 16.9. The zero-order valence-electron chi connectivity index (χ0n) is 11.3. The van der Waals surface area contributed by atoms with E-state index in [0.29, 0.717) is 12.5 Å². The fourth-order valence-electron chi connectivity index (χ4n) is 2.32. The standard InChI is InChI=1S/C14H17BrN4O/c1-9(10-4-16-5-10)14(20)17-6-12-8-19-7-11(15)2-3-13(19)18-12/h2-3,7-10,16H,4-6H2,1H3,(H,17,20). The van der Waals surface area contributed by atoms with Gasteiger partial charge in [-0.3, -0.25) is 4.79 Å². The summed E-state index contributed by atoms with van der Waals surface area (Å²) in [6, 6.07) is 3.90. The van der Waals surface area contributed by atoms with Crippen molar-refractivity contribution >= 4 is 27.5 Å². The number of hydrogen-bond donors (Lipinski definition) is 2. The van der Waals surface area contributed by atoms with Crippen LogP contribution in [0, 0.1) is 11.8 Å². The average molecular weight is 337 g/mol. The molecule has 106 valence electrons. The van der Waals surface area contributed by atoms with Gasteiger partial charge in [-0.05, 0) is 47.1 Å². The molecule has 3 rings (SSSR count). The number of imidazole rings is 1. The molecule has 1 aliphatic heterocycles. The Labute approximate surface area is 125 Å². The van der Waals surface area contributed by atoms with E-state index < -0.39 is 0 Å². The molecule has 1 atom stereocenters. The summed E-state index contributed by atoms with van der Waals surface area (Å²) in [5, 5.41) is 6.16. The Bertz CT molecular complexity index is 635. The molecule has 1 unspecified atom stereocenters. The van der Waals surface area contributed by atoms with Gasteiger partial charge in [-0.2, -0.15) is 0 Å². The van der Waals surface area contributed by atoms with E-state index in [1.54, 1.807) is 0 Å². The molecule has 2 aromatic heterocycles. The Morgan fingerprint density at radius 2 is 2.35 bits per heavy atom. The highest BCUT2D eigenvalue weighted by Crippen LogP contribution is 2.16. The van der Waals surface area contributed by atoms with E-state index >= 15 is 0 Å². The van der Waals surface area contributed by atoms with Crippen molar-refractivity contribution in [1.29, 1.82) is 0 Å². The van der Waals surface area contributed by atoms with Gasteiger partial charge in [0.05, 0.1) is 12.2 Å². The van der Waals surface area contributed by atoms with Gasteiger partial charge in [-0.1, -0.05) is 6.92 Å². The van der Waals surface area contributed by atoms with Crippen molar-refractivity contribution in [2.75, 3.05) is 13.1 Å². The first kappa shape index (κ1) is 13.6. The van der Waals surface area contributed by atoms with Crippen molar-refractivity contribution in [3.8, 4) is 0 Å². The highest BCUT2D eigenvalue weighted by molar-refractivity contribution is 9.10. The molecular formula is C14H17BrN4O. The number of carbonyl (C=O) groups is 1. The zero-order chi connectivity index (χ0) is 14.1. The molecular weight excluding hydrogens is 320 g/mol. The minimum absolute atomic E-state index is 0.0578. The molecule has 1 amide bonds. The second-order valence-electron chi connectivity index (χ2n) is 5.27. The number of nitrogens with one attached hydrogen (secondary N) is 2. The average Bonchev–Trinajstić information content (AvgIpc) is 2.75. The maximum atomic E-state index is 12.0. The third-order valence-corrected chi connectivity index (χ3v) is 4.31. The smallest absolute Gasteiger partial charge is 0.223 e. The maximum absolute atomic E-state index is 12.0. The Morgan fingerprint density at radius 3 is 3.05 bits per heavy atom. The van der Waals surface area contributed by atoms with Crippen LogP contribution in [0.4, 0.5) is 0 Å². The first-order valence-corrected chi connectivity index (χ1v) is 7.54. The van der Waals surface area contributed by atoms with Crippen LogP contribution in [0.2, 0.25) is 0 Å². The molecule has 1 saturated heterocycles. The SMILES string of the molecule is CC(C(=O)NCc1cn2cc(Br)ccc2n1)C1CNC1. The van der Waals surface area contributed by atoms with Crippen molar-refractivity contribution in [3.63, 3.8) is 0 Å². The number of aromatic nitrogens is 2. The third-order valence-electron chi connectivity index (χ3n) is 3.84. The number of halogens is 1. The first-order chi connectivity index (χ1) is 9.63. The van der Waals surface area contributed by atoms with Gasteiger partial charge >= 0.3 is 0 Å². The fourth-order valence-corrected chi connectivity index (χ4v) is 2.67. The topological polar surface area (TPSA) is 58.4 Å². The second-order valence-corrected chi connectivity index (χ2v) is 6.19. The lowest BCUT2D eigenvalue weighted by Crippen LogP contribution is -2.49. The Hall–Kier alpha value is -1.40. The summed E-state index contributed by atoms with van der Waals surface area (Å²) in [4.78, 5) is 16.5. The number of rotatable bonds is 4. The van der Waals surface area contributed by atoms with Gasteiger partial charge in [0.15, 0.2) is 0 Å². The van der Waals surface area contributed by atoms with Crippen LogP contribution in [-0.2, 0) is 11.3 Å². The molecule has 6 heteroatoms. The highest BCUT2D eigenvalue weighted by atomic mass is 79.9. The number of pyridine rings is 1. The lowest BCUT2D eigenvalue weighted by molar-refractivity contribution is -0.126. The van der Waals surface area contributed by atoms with E-state index in [9.17, 15) is 4.79 Å². The Balaban J connectivity index is 1.62. The molecule has 20 heavy (non-hydrogen) atoms. The van der Waals surface area contributed by atoms with Crippen molar-refractivity contribution in [2.24, 2.45) is 11.8 Å². The van der Waals surface area contributed by atoms with Crippen LogP contribution in [0.25, 0.3) is 5.65 Å². The van der Waals surface area contributed by atoms with Crippen LogP contribution >= 0.6 is 15.9 Å². The first-order valence-electron chi connectivity index (χ1n) is 6.75. The van der Waals surface area contributed by atoms with Crippen LogP contribution in [0.15, 0.2) is 29.0 Å². The molecule has 1 fully saturated rings. The molecule has 0 radical (unpaired) electrons. The summed E-state index contributed by atoms with van der Waals surface area (Å²) in [6.45, 7) is 4.35. The molecule has 3 heterocycles. The van der Waals surface area contributed by atoms with Gasteiger partial charge in [0.2, 0.25) is 5.91 Å². The number of hydrogen-bond acceptors (Lipinski definition) is 3. The molecule has 2 aromatic rings. The van der Waals surface area contributed by atoms with Gasteiger partial charge in [0.25, 0.3) is 0 Å². The summed E-state index contributed by atoms with van der Waals surface area (Å²) in [7, 11) is 0. The largest absolute Gasteiger partial charge is 0.350 e. The third kappa shape index (κ3) is 2.71. The van der Waals surface area contributed by atoms with E-state index in [1.165, 1.54) is 0 Å². The minimum Gasteiger partial charge on any atom is -0.350 e. The summed E-state index contributed by atoms with van der Waals surface area (Å²) in [6.07, 6.45) is 3.90. The van der Waals surface area contributed by atoms with Crippen molar-refractivity contribution in [2.45, 2.75) is 13.5 Å². The number of carbonyl (C=O) groups excluding carboxylic acids is 1. The minimum atomic E-state index is 0.0578. The van der Waals surface area contributed by atoms with Crippen molar-refractivity contribution < 1.29 is 4.79 Å². The van der Waals surface area contributed by atoms with Crippen molar-refractivity contribution in [3.05, 3.63) is 34.7 Å². The molecule has 0 aromatic carbocycles. The predicted octanol–water partition coefficient (Wildman–Crippen LogP) is 1.57. The monoisotopic (exact) mass is 336 g/mol. The quantitative estimate of drug-likeness (QED) is 0.890. The van der Waals surface area contributed by atoms with Gasteiger partial charge in [-0.15, -0.1) is 0 Å². The Kier molecular flexibility index (Phi) is 3.76. The number of amides is 1. The molecule has 0 saturated carbocycles. The van der Waals surface area contributed by atoms with Crippen LogP contribution in [0.3, 0.4) is 0 Å². The lowest BCUT2D eigenvalue weighted by Gasteiger charge is -2.31. The van der Waals surface area contributed by atoms with E-state index in [1.807, 2.05) is 35.9 Å². The van der Waals surface area contributed by atoms with Crippen LogP contribution < -0.4 is 10.6 Å². The van der Waals surface area contributed by atoms with E-state index in [4.69, 9.17) is 0 Å². The van der Waals surface area contributed by atoms with Crippen LogP contribution in [-0.4, -0.2) is 28.4 Å². The number of fused-ring (bicyclic) bond motifs is 1. The van der Waals surface area contributed by atoms with Gasteiger partial charge < -0.3 is 15.0 Å². The van der Waals surface area contributed by atoms with Crippen LogP contribution in [0.1, 0.15) is 12.6 Å². The molecule has 1 aliphatic rings. The van der Waals surface area contributed by atoms with Crippen molar-refractivity contribution in [1.82, 2.24) is 20.0 Å². The molecule has 0 bridgehead atoms. The zero-order valence-corrected chi connectivity index (χ0v) is 12.9. The predicted molar refractivity (Wildman–Crippen MR) is 80.3 cm³/mol. The molecule has 0 aliphatic carbocycles. The van der Waals surface area contributed by atoms with E-state index in [-0.39, 0.29) is 11.8 Å². The maximum Gasteiger partial charge on any atom is 0.223 e. The molecule has 2 N–H and O–H groups in total. The summed E-state index contributed by atoms with van der Waals surface area (Å²) < 4.78 is 2.95. The molecule has 5 nitrogen and oxygen atoms in total. The summed E-state index contributed by atoms with van der Waals surface area (Å²) >= 11 is 3.43.